The first kappa shape index (κ1) is 14.4. The molecule has 106 valence electrons. The molecule has 0 fully saturated rings. The van der Waals surface area contributed by atoms with Crippen LogP contribution in [-0.4, -0.2) is 14.7 Å². The summed E-state index contributed by atoms with van der Waals surface area (Å²) in [5, 5.41) is -0.456. The van der Waals surface area contributed by atoms with Crippen LogP contribution in [-0.2, 0) is 16.6 Å². The van der Waals surface area contributed by atoms with Crippen molar-refractivity contribution in [1.29, 1.82) is 0 Å². The maximum atomic E-state index is 13.3. The van der Waals surface area contributed by atoms with E-state index in [1.807, 2.05) is 0 Å². The van der Waals surface area contributed by atoms with Crippen molar-refractivity contribution in [2.75, 3.05) is 0 Å². The third-order valence-corrected chi connectivity index (χ3v) is 3.72. The van der Waals surface area contributed by atoms with Gasteiger partial charge in [-0.25, -0.2) is 21.9 Å². The van der Waals surface area contributed by atoms with Crippen molar-refractivity contribution in [3.63, 3.8) is 0 Å². The Hall–Kier alpha value is -2.06. The molecule has 5 nitrogen and oxygen atoms in total. The second-order valence-electron chi connectivity index (χ2n) is 3.83. The highest BCUT2D eigenvalue weighted by atomic mass is 32.2. The molecule has 20 heavy (non-hydrogen) atoms. The van der Waals surface area contributed by atoms with Gasteiger partial charge in [-0.2, -0.15) is 0 Å². The number of hydrogen-bond donors (Lipinski definition) is 1. The third kappa shape index (κ3) is 3.09. The molecule has 0 bridgehead atoms. The summed E-state index contributed by atoms with van der Waals surface area (Å²) in [7, 11) is -4.01. The Morgan fingerprint density at radius 1 is 1.20 bits per heavy atom. The summed E-state index contributed by atoms with van der Waals surface area (Å²) in [5.41, 5.74) is -0.0165. The first-order valence-corrected chi connectivity index (χ1v) is 6.89. The number of aldehydes is 1. The van der Waals surface area contributed by atoms with Gasteiger partial charge in [-0.05, 0) is 18.2 Å². The molecule has 1 heterocycles. The van der Waals surface area contributed by atoms with Crippen molar-refractivity contribution >= 4 is 16.3 Å². The Morgan fingerprint density at radius 3 is 2.55 bits per heavy atom. The van der Waals surface area contributed by atoms with Crippen LogP contribution in [0, 0.1) is 11.6 Å². The second kappa shape index (κ2) is 5.51. The second-order valence-corrected chi connectivity index (χ2v) is 5.53. The maximum absolute atomic E-state index is 13.3. The van der Waals surface area contributed by atoms with Gasteiger partial charge in [0, 0.05) is 18.2 Å². The van der Waals surface area contributed by atoms with E-state index in [0.717, 1.165) is 18.2 Å². The van der Waals surface area contributed by atoms with Crippen molar-refractivity contribution in [3.8, 4) is 0 Å². The molecule has 0 saturated heterocycles. The van der Waals surface area contributed by atoms with Gasteiger partial charge < -0.3 is 4.42 Å². The van der Waals surface area contributed by atoms with Crippen LogP contribution >= 0.6 is 0 Å². The van der Waals surface area contributed by atoms with Gasteiger partial charge in [0.05, 0.1) is 0 Å². The van der Waals surface area contributed by atoms with Crippen molar-refractivity contribution < 1.29 is 26.4 Å². The van der Waals surface area contributed by atoms with E-state index >= 15 is 0 Å². The zero-order valence-electron chi connectivity index (χ0n) is 9.97. The average Bonchev–Trinajstić information content (AvgIpc) is 2.87. The van der Waals surface area contributed by atoms with Gasteiger partial charge in [-0.3, -0.25) is 4.79 Å². The molecule has 1 aromatic heterocycles. The highest BCUT2D eigenvalue weighted by Gasteiger charge is 2.19. The topological polar surface area (TPSA) is 76.4 Å². The summed E-state index contributed by atoms with van der Waals surface area (Å²) in [6, 6.07) is 5.10. The van der Waals surface area contributed by atoms with Crippen molar-refractivity contribution in [2.45, 2.75) is 11.6 Å². The zero-order chi connectivity index (χ0) is 14.8. The summed E-state index contributed by atoms with van der Waals surface area (Å²) >= 11 is 0. The molecule has 2 rings (SSSR count). The van der Waals surface area contributed by atoms with E-state index < -0.39 is 26.8 Å². The smallest absolute Gasteiger partial charge is 0.274 e. The minimum absolute atomic E-state index is 0.0165. The third-order valence-electron chi connectivity index (χ3n) is 2.45. The number of rotatable bonds is 5. The molecule has 1 aromatic carbocycles. The van der Waals surface area contributed by atoms with Gasteiger partial charge in [0.25, 0.3) is 10.0 Å². The normalized spacial score (nSPS) is 11.5. The van der Waals surface area contributed by atoms with Gasteiger partial charge in [0.2, 0.25) is 5.09 Å². The molecule has 0 spiro atoms. The van der Waals surface area contributed by atoms with Crippen molar-refractivity contribution in [1.82, 2.24) is 4.72 Å². The molecular weight excluding hydrogens is 292 g/mol. The number of nitrogens with one attached hydrogen (secondary N) is 1. The fourth-order valence-corrected chi connectivity index (χ4v) is 2.39. The Balaban J connectivity index is 2.14. The van der Waals surface area contributed by atoms with Crippen LogP contribution in [0.25, 0.3) is 0 Å². The predicted molar refractivity (Wildman–Crippen MR) is 64.5 cm³/mol. The fourth-order valence-electron chi connectivity index (χ4n) is 1.45. The summed E-state index contributed by atoms with van der Waals surface area (Å²) in [6.45, 7) is -0.369. The van der Waals surface area contributed by atoms with E-state index in [0.29, 0.717) is 12.4 Å². The standard InChI is InChI=1S/C12H9F2NO4S/c13-9-2-1-8(11(14)5-9)6-15-20(17,18)12-4-3-10(7-16)19-12/h1-5,7,15H,6H2. The molecule has 0 unspecified atom stereocenters. The number of carbonyl (C=O) groups excluding carboxylic acids is 1. The number of benzene rings is 1. The highest BCUT2D eigenvalue weighted by molar-refractivity contribution is 7.89. The van der Waals surface area contributed by atoms with Crippen molar-refractivity contribution in [3.05, 3.63) is 53.3 Å². The molecular formula is C12H9F2NO4S. The highest BCUT2D eigenvalue weighted by Crippen LogP contribution is 2.14. The van der Waals surface area contributed by atoms with E-state index in [9.17, 15) is 22.0 Å². The zero-order valence-corrected chi connectivity index (χ0v) is 10.8. The van der Waals surface area contributed by atoms with Crippen LogP contribution in [0.3, 0.4) is 0 Å². The Kier molecular flexibility index (Phi) is 3.96. The van der Waals surface area contributed by atoms with E-state index in [4.69, 9.17) is 4.42 Å². The largest absolute Gasteiger partial charge is 0.440 e. The van der Waals surface area contributed by atoms with Crippen LogP contribution in [0.1, 0.15) is 16.1 Å². The van der Waals surface area contributed by atoms with Gasteiger partial charge in [-0.15, -0.1) is 0 Å². The van der Waals surface area contributed by atoms with Crippen LogP contribution < -0.4 is 4.72 Å². The summed E-state index contributed by atoms with van der Waals surface area (Å²) in [6.07, 6.45) is 0.360. The molecule has 8 heteroatoms. The van der Waals surface area contributed by atoms with Crippen LogP contribution in [0.15, 0.2) is 39.8 Å². The fraction of sp³-hybridized carbons (Fsp3) is 0.0833. The number of halogens is 2. The molecule has 0 saturated carbocycles. The lowest BCUT2D eigenvalue weighted by molar-refractivity contribution is 0.109. The minimum Gasteiger partial charge on any atom is -0.440 e. The maximum Gasteiger partial charge on any atom is 0.274 e. The molecule has 2 aromatic rings. The molecule has 1 N–H and O–H groups in total. The van der Waals surface area contributed by atoms with Crippen LogP contribution in [0.4, 0.5) is 8.78 Å². The summed E-state index contributed by atoms with van der Waals surface area (Å²) in [5.74, 6) is -1.75. The summed E-state index contributed by atoms with van der Waals surface area (Å²) < 4.78 is 56.5. The van der Waals surface area contributed by atoms with E-state index in [2.05, 4.69) is 4.72 Å². The Bertz CT molecular complexity index is 740. The van der Waals surface area contributed by atoms with Gasteiger partial charge in [-0.1, -0.05) is 6.07 Å². The first-order chi connectivity index (χ1) is 9.42. The monoisotopic (exact) mass is 301 g/mol. The molecule has 0 aliphatic rings. The molecule has 0 aliphatic heterocycles. The lowest BCUT2D eigenvalue weighted by Gasteiger charge is -2.05. The average molecular weight is 301 g/mol. The number of hydrogen-bond acceptors (Lipinski definition) is 4. The van der Waals surface area contributed by atoms with E-state index in [1.165, 1.54) is 6.07 Å². The van der Waals surface area contributed by atoms with Gasteiger partial charge in [0.15, 0.2) is 12.0 Å². The lowest BCUT2D eigenvalue weighted by atomic mass is 10.2. The minimum atomic E-state index is -4.01. The van der Waals surface area contributed by atoms with Crippen LogP contribution in [0.5, 0.6) is 0 Å². The predicted octanol–water partition coefficient (Wildman–Crippen LogP) is 1.85. The molecule has 0 atom stereocenters. The molecule has 0 aliphatic carbocycles. The first-order valence-electron chi connectivity index (χ1n) is 5.41. The quantitative estimate of drug-likeness (QED) is 0.855. The van der Waals surface area contributed by atoms with Crippen LogP contribution in [0.2, 0.25) is 0 Å². The Morgan fingerprint density at radius 2 is 1.95 bits per heavy atom. The SMILES string of the molecule is O=Cc1ccc(S(=O)(=O)NCc2ccc(F)cc2F)o1. The number of sulfonamides is 1. The molecule has 0 radical (unpaired) electrons. The van der Waals surface area contributed by atoms with Gasteiger partial charge >= 0.3 is 0 Å². The van der Waals surface area contributed by atoms with Gasteiger partial charge in [0.1, 0.15) is 11.6 Å². The number of carbonyl (C=O) groups is 1. The van der Waals surface area contributed by atoms with E-state index in [-0.39, 0.29) is 17.9 Å². The van der Waals surface area contributed by atoms with E-state index in [1.54, 1.807) is 0 Å². The number of furan rings is 1. The molecule has 0 amide bonds. The lowest BCUT2D eigenvalue weighted by Crippen LogP contribution is -2.23. The van der Waals surface area contributed by atoms with Crippen molar-refractivity contribution in [2.24, 2.45) is 0 Å². The summed E-state index contributed by atoms with van der Waals surface area (Å²) in [4.78, 5) is 10.4. The Labute approximate surface area is 113 Å².